The number of primary amides is 1. The van der Waals surface area contributed by atoms with Gasteiger partial charge in [0.25, 0.3) is 11.8 Å². The largest absolute Gasteiger partial charge is 0.364 e. The molecule has 4 N–H and O–H groups in total. The second kappa shape index (κ2) is 10.3. The summed E-state index contributed by atoms with van der Waals surface area (Å²) >= 11 is 12.2. The summed E-state index contributed by atoms with van der Waals surface area (Å²) < 4.78 is 0. The minimum absolute atomic E-state index is 0.120. The summed E-state index contributed by atoms with van der Waals surface area (Å²) in [6.07, 6.45) is 1.46. The molecule has 8 nitrogen and oxygen atoms in total. The van der Waals surface area contributed by atoms with E-state index < -0.39 is 17.8 Å². The normalized spacial score (nSPS) is 10.4. The van der Waals surface area contributed by atoms with E-state index in [2.05, 4.69) is 15.6 Å². The summed E-state index contributed by atoms with van der Waals surface area (Å²) in [7, 11) is 1.60. The minimum Gasteiger partial charge on any atom is -0.364 e. The molecule has 0 bridgehead atoms. The van der Waals surface area contributed by atoms with Gasteiger partial charge in [-0.3, -0.25) is 14.6 Å². The van der Waals surface area contributed by atoms with E-state index in [1.165, 1.54) is 17.2 Å². The Morgan fingerprint density at radius 2 is 1.73 bits per heavy atom. The second-order valence-corrected chi connectivity index (χ2v) is 8.09. The molecule has 0 atom stereocenters. The van der Waals surface area contributed by atoms with E-state index in [0.717, 1.165) is 5.56 Å². The molecule has 1 aromatic heterocycles. The first-order chi connectivity index (χ1) is 15.7. The zero-order valence-corrected chi connectivity index (χ0v) is 19.4. The van der Waals surface area contributed by atoms with Gasteiger partial charge in [-0.15, -0.1) is 0 Å². The predicted molar refractivity (Wildman–Crippen MR) is 129 cm³/mol. The third kappa shape index (κ3) is 6.00. The van der Waals surface area contributed by atoms with Crippen molar-refractivity contribution in [3.8, 4) is 0 Å². The number of halogens is 2. The average molecular weight is 486 g/mol. The molecule has 1 heterocycles. The molecule has 2 aromatic carbocycles. The Bertz CT molecular complexity index is 1210. The number of carbonyl (C=O) groups is 3. The van der Waals surface area contributed by atoms with E-state index in [9.17, 15) is 14.4 Å². The number of nitrogens with two attached hydrogens (primary N) is 1. The number of para-hydroxylation sites is 1. The molecule has 0 saturated carbocycles. The van der Waals surface area contributed by atoms with Crippen LogP contribution < -0.4 is 16.4 Å². The zero-order valence-electron chi connectivity index (χ0n) is 17.9. The van der Waals surface area contributed by atoms with Gasteiger partial charge in [-0.25, -0.2) is 4.79 Å². The zero-order chi connectivity index (χ0) is 24.1. The standard InChI is InChI=1S/C23H21Cl2N5O3/c1-13-6-7-15(22(32)29-20-16(24)4-3-5-17(20)25)11-18(13)28-23(33)30(2)12-14-8-9-27-19(10-14)21(26)31/h3-11H,12H2,1-2H3,(H2,26,31)(H,28,33)(H,29,32). The minimum atomic E-state index is -0.646. The molecule has 33 heavy (non-hydrogen) atoms. The molecular formula is C23H21Cl2N5O3. The van der Waals surface area contributed by atoms with Crippen molar-refractivity contribution in [3.63, 3.8) is 0 Å². The van der Waals surface area contributed by atoms with Gasteiger partial charge in [0.2, 0.25) is 0 Å². The van der Waals surface area contributed by atoms with Crippen LogP contribution in [0.5, 0.6) is 0 Å². The second-order valence-electron chi connectivity index (χ2n) is 7.28. The number of urea groups is 1. The van der Waals surface area contributed by atoms with Crippen LogP contribution in [-0.4, -0.2) is 34.8 Å². The highest BCUT2D eigenvalue weighted by molar-refractivity contribution is 6.40. The smallest absolute Gasteiger partial charge is 0.321 e. The third-order valence-corrected chi connectivity index (χ3v) is 5.42. The molecule has 0 fully saturated rings. The highest BCUT2D eigenvalue weighted by Crippen LogP contribution is 2.30. The average Bonchev–Trinajstić information content (AvgIpc) is 2.77. The van der Waals surface area contributed by atoms with Gasteiger partial charge in [-0.2, -0.15) is 0 Å². The number of amides is 4. The van der Waals surface area contributed by atoms with Crippen LogP contribution in [0.4, 0.5) is 16.2 Å². The molecule has 3 rings (SSSR count). The van der Waals surface area contributed by atoms with Crippen LogP contribution in [0.1, 0.15) is 32.0 Å². The Hall–Kier alpha value is -3.62. The van der Waals surface area contributed by atoms with Gasteiger partial charge in [0.1, 0.15) is 5.69 Å². The van der Waals surface area contributed by atoms with Gasteiger partial charge >= 0.3 is 6.03 Å². The molecule has 0 radical (unpaired) electrons. The van der Waals surface area contributed by atoms with E-state index in [-0.39, 0.29) is 12.2 Å². The molecule has 3 aromatic rings. The number of hydrogen-bond donors (Lipinski definition) is 3. The van der Waals surface area contributed by atoms with Crippen molar-refractivity contribution in [1.82, 2.24) is 9.88 Å². The summed E-state index contributed by atoms with van der Waals surface area (Å²) in [5.41, 5.74) is 7.93. The highest BCUT2D eigenvalue weighted by atomic mass is 35.5. The first kappa shape index (κ1) is 24.0. The van der Waals surface area contributed by atoms with Crippen molar-refractivity contribution in [2.24, 2.45) is 5.73 Å². The topological polar surface area (TPSA) is 117 Å². The number of rotatable bonds is 6. The monoisotopic (exact) mass is 485 g/mol. The fourth-order valence-electron chi connectivity index (χ4n) is 2.96. The lowest BCUT2D eigenvalue weighted by molar-refractivity contribution is 0.0993. The summed E-state index contributed by atoms with van der Waals surface area (Å²) in [5.74, 6) is -1.07. The van der Waals surface area contributed by atoms with Crippen LogP contribution in [0.2, 0.25) is 10.0 Å². The lowest BCUT2D eigenvalue weighted by atomic mass is 10.1. The van der Waals surface area contributed by atoms with Gasteiger partial charge in [-0.05, 0) is 54.4 Å². The number of nitrogens with zero attached hydrogens (tertiary/aromatic N) is 2. The molecule has 0 aliphatic heterocycles. The summed E-state index contributed by atoms with van der Waals surface area (Å²) in [4.78, 5) is 42.1. The molecule has 0 spiro atoms. The number of aryl methyl sites for hydroxylation is 1. The summed E-state index contributed by atoms with van der Waals surface area (Å²) in [6, 6.07) is 12.7. The molecule has 0 saturated heterocycles. The van der Waals surface area contributed by atoms with E-state index in [4.69, 9.17) is 28.9 Å². The molecule has 0 aliphatic carbocycles. The Balaban J connectivity index is 1.72. The summed E-state index contributed by atoms with van der Waals surface area (Å²) in [6.45, 7) is 2.03. The Labute approximate surface area is 200 Å². The Morgan fingerprint density at radius 1 is 1.03 bits per heavy atom. The van der Waals surface area contributed by atoms with Gasteiger partial charge in [0.15, 0.2) is 0 Å². The molecule has 170 valence electrons. The lowest BCUT2D eigenvalue weighted by Crippen LogP contribution is -2.31. The Kier molecular flexibility index (Phi) is 7.52. The number of benzene rings is 2. The van der Waals surface area contributed by atoms with Crippen molar-refractivity contribution in [1.29, 1.82) is 0 Å². The van der Waals surface area contributed by atoms with Crippen molar-refractivity contribution in [2.45, 2.75) is 13.5 Å². The molecule has 4 amide bonds. The number of pyridine rings is 1. The predicted octanol–water partition coefficient (Wildman–Crippen LogP) is 4.71. The van der Waals surface area contributed by atoms with Crippen molar-refractivity contribution < 1.29 is 14.4 Å². The van der Waals surface area contributed by atoms with Gasteiger partial charge in [0.05, 0.1) is 15.7 Å². The fourth-order valence-corrected chi connectivity index (χ4v) is 3.46. The molecule has 0 unspecified atom stereocenters. The first-order valence-electron chi connectivity index (χ1n) is 9.78. The maximum Gasteiger partial charge on any atom is 0.321 e. The number of anilines is 2. The van der Waals surface area contributed by atoms with Crippen LogP contribution in [0, 0.1) is 6.92 Å². The van der Waals surface area contributed by atoms with Crippen molar-refractivity contribution >= 4 is 52.4 Å². The molecule has 0 aliphatic rings. The maximum absolute atomic E-state index is 12.7. The number of carbonyl (C=O) groups excluding carboxylic acids is 3. The van der Waals surface area contributed by atoms with Crippen LogP contribution >= 0.6 is 23.2 Å². The lowest BCUT2D eigenvalue weighted by Gasteiger charge is -2.19. The van der Waals surface area contributed by atoms with Crippen molar-refractivity contribution in [3.05, 3.63) is 87.2 Å². The number of hydrogen-bond acceptors (Lipinski definition) is 4. The summed E-state index contributed by atoms with van der Waals surface area (Å²) in [5, 5.41) is 6.12. The van der Waals surface area contributed by atoms with Gasteiger partial charge in [-0.1, -0.05) is 35.3 Å². The van der Waals surface area contributed by atoms with Crippen LogP contribution in [0.3, 0.4) is 0 Å². The van der Waals surface area contributed by atoms with E-state index in [0.29, 0.717) is 32.5 Å². The Morgan fingerprint density at radius 3 is 2.39 bits per heavy atom. The van der Waals surface area contributed by atoms with Crippen LogP contribution in [0.25, 0.3) is 0 Å². The van der Waals surface area contributed by atoms with Gasteiger partial charge in [0, 0.05) is 31.0 Å². The van der Waals surface area contributed by atoms with E-state index in [1.807, 2.05) is 6.92 Å². The van der Waals surface area contributed by atoms with E-state index in [1.54, 1.807) is 49.5 Å². The van der Waals surface area contributed by atoms with Gasteiger partial charge < -0.3 is 21.3 Å². The molecular weight excluding hydrogens is 465 g/mol. The maximum atomic E-state index is 12.7. The fraction of sp³-hybridized carbons (Fsp3) is 0.130. The molecule has 10 heteroatoms. The van der Waals surface area contributed by atoms with Crippen LogP contribution in [-0.2, 0) is 6.54 Å². The quantitative estimate of drug-likeness (QED) is 0.468. The van der Waals surface area contributed by atoms with Crippen molar-refractivity contribution in [2.75, 3.05) is 17.7 Å². The SMILES string of the molecule is Cc1ccc(C(=O)Nc2c(Cl)cccc2Cl)cc1NC(=O)N(C)Cc1ccnc(C(N)=O)c1. The van der Waals surface area contributed by atoms with E-state index >= 15 is 0 Å². The highest BCUT2D eigenvalue weighted by Gasteiger charge is 2.16. The van der Waals surface area contributed by atoms with Crippen LogP contribution in [0.15, 0.2) is 54.7 Å². The first-order valence-corrected chi connectivity index (χ1v) is 10.5. The number of aromatic nitrogens is 1. The third-order valence-electron chi connectivity index (χ3n) is 4.79. The number of nitrogens with one attached hydrogen (secondary N) is 2.